The van der Waals surface area contributed by atoms with E-state index in [2.05, 4.69) is 4.90 Å². The Morgan fingerprint density at radius 1 is 1.17 bits per heavy atom. The monoisotopic (exact) mass is 374 g/mol. The van der Waals surface area contributed by atoms with Gasteiger partial charge in [-0.1, -0.05) is 19.1 Å². The molecule has 0 bridgehead atoms. The zero-order valence-corrected chi connectivity index (χ0v) is 16.1. The van der Waals surface area contributed by atoms with Gasteiger partial charge in [0.25, 0.3) is 0 Å². The summed E-state index contributed by atoms with van der Waals surface area (Å²) in [5.41, 5.74) is 0.505. The summed E-state index contributed by atoms with van der Waals surface area (Å²) >= 11 is 0. The van der Waals surface area contributed by atoms with Gasteiger partial charge >= 0.3 is 0 Å². The van der Waals surface area contributed by atoms with E-state index in [1.54, 1.807) is 16.4 Å². The highest BCUT2D eigenvalue weighted by Crippen LogP contribution is 2.21. The molecule has 0 aromatic heterocycles. The number of hydrogen-bond acceptors (Lipinski definition) is 5. The summed E-state index contributed by atoms with van der Waals surface area (Å²) in [6.45, 7) is 4.11. The summed E-state index contributed by atoms with van der Waals surface area (Å²) in [6, 6.07) is 6.16. The van der Waals surface area contributed by atoms with E-state index in [0.717, 1.165) is 32.2 Å². The van der Waals surface area contributed by atoms with Gasteiger partial charge in [-0.25, -0.2) is 16.8 Å². The van der Waals surface area contributed by atoms with Crippen LogP contribution in [-0.4, -0.2) is 65.0 Å². The Labute approximate surface area is 145 Å². The van der Waals surface area contributed by atoms with Gasteiger partial charge < -0.3 is 4.90 Å². The van der Waals surface area contributed by atoms with Crippen molar-refractivity contribution in [2.24, 2.45) is 0 Å². The Morgan fingerprint density at radius 3 is 2.50 bits per heavy atom. The number of hydrogen-bond donors (Lipinski definition) is 0. The molecule has 0 aliphatic carbocycles. The van der Waals surface area contributed by atoms with Crippen molar-refractivity contribution in [2.45, 2.75) is 36.5 Å². The number of benzene rings is 1. The highest BCUT2D eigenvalue weighted by molar-refractivity contribution is 7.90. The molecule has 136 valence electrons. The summed E-state index contributed by atoms with van der Waals surface area (Å²) in [5, 5.41) is 0. The Hall–Kier alpha value is -0.960. The van der Waals surface area contributed by atoms with Crippen LogP contribution < -0.4 is 0 Å². The average Bonchev–Trinajstić information content (AvgIpc) is 2.68. The van der Waals surface area contributed by atoms with E-state index < -0.39 is 19.9 Å². The molecule has 1 aliphatic rings. The van der Waals surface area contributed by atoms with E-state index in [9.17, 15) is 16.8 Å². The first-order valence-corrected chi connectivity index (χ1v) is 11.6. The first kappa shape index (κ1) is 19.4. The molecule has 0 N–H and O–H groups in total. The third-order valence-corrected chi connectivity index (χ3v) is 7.36. The second-order valence-corrected chi connectivity index (χ2v) is 10.4. The second kappa shape index (κ2) is 7.51. The molecular weight excluding hydrogens is 348 g/mol. The van der Waals surface area contributed by atoms with Gasteiger partial charge in [0, 0.05) is 25.4 Å². The van der Waals surface area contributed by atoms with Crippen LogP contribution in [0, 0.1) is 0 Å². The fraction of sp³-hybridized carbons (Fsp3) is 0.625. The van der Waals surface area contributed by atoms with Crippen LogP contribution in [0.3, 0.4) is 0 Å². The van der Waals surface area contributed by atoms with Crippen LogP contribution in [0.2, 0.25) is 0 Å². The first-order valence-electron chi connectivity index (χ1n) is 8.10. The summed E-state index contributed by atoms with van der Waals surface area (Å²) in [6.07, 6.45) is 2.68. The fourth-order valence-electron chi connectivity index (χ4n) is 3.08. The quantitative estimate of drug-likeness (QED) is 0.777. The van der Waals surface area contributed by atoms with E-state index in [1.807, 2.05) is 14.0 Å². The smallest absolute Gasteiger partial charge is 0.218 e. The van der Waals surface area contributed by atoms with Gasteiger partial charge in [-0.2, -0.15) is 4.31 Å². The van der Waals surface area contributed by atoms with Crippen molar-refractivity contribution in [2.75, 3.05) is 32.9 Å². The molecule has 1 heterocycles. The van der Waals surface area contributed by atoms with Crippen molar-refractivity contribution in [3.63, 3.8) is 0 Å². The lowest BCUT2D eigenvalue weighted by Gasteiger charge is -2.29. The molecule has 8 heteroatoms. The maximum Gasteiger partial charge on any atom is 0.218 e. The molecule has 0 spiro atoms. The number of likely N-dealkylation sites (N-methyl/N-ethyl adjacent to an activating group) is 1. The summed E-state index contributed by atoms with van der Waals surface area (Å²) < 4.78 is 50.7. The molecule has 1 saturated heterocycles. The van der Waals surface area contributed by atoms with Crippen LogP contribution >= 0.6 is 0 Å². The van der Waals surface area contributed by atoms with E-state index in [1.165, 1.54) is 12.1 Å². The lowest BCUT2D eigenvalue weighted by atomic mass is 10.2. The van der Waals surface area contributed by atoms with Gasteiger partial charge in [-0.15, -0.1) is 0 Å². The van der Waals surface area contributed by atoms with Crippen molar-refractivity contribution >= 4 is 19.9 Å². The molecule has 1 aromatic carbocycles. The highest BCUT2D eigenvalue weighted by atomic mass is 32.2. The Kier molecular flexibility index (Phi) is 6.06. The lowest BCUT2D eigenvalue weighted by molar-refractivity contribution is 0.270. The molecule has 2 rings (SSSR count). The van der Waals surface area contributed by atoms with Gasteiger partial charge in [0.15, 0.2) is 9.84 Å². The topological polar surface area (TPSA) is 74.8 Å². The van der Waals surface area contributed by atoms with E-state index in [4.69, 9.17) is 0 Å². The van der Waals surface area contributed by atoms with Crippen molar-refractivity contribution < 1.29 is 16.8 Å². The molecule has 0 saturated carbocycles. The number of rotatable bonds is 5. The SMILES string of the molecule is CCC1CN(C)CCCN1S(=O)(=O)Cc1cccc(S(C)(=O)=O)c1. The van der Waals surface area contributed by atoms with Crippen molar-refractivity contribution in [1.29, 1.82) is 0 Å². The van der Waals surface area contributed by atoms with Gasteiger partial charge in [-0.05, 0) is 44.1 Å². The first-order chi connectivity index (χ1) is 11.1. The molecule has 24 heavy (non-hydrogen) atoms. The van der Waals surface area contributed by atoms with E-state index in [0.29, 0.717) is 12.1 Å². The molecule has 1 aliphatic heterocycles. The maximum atomic E-state index is 12.9. The number of nitrogens with zero attached hydrogens (tertiary/aromatic N) is 2. The van der Waals surface area contributed by atoms with Crippen molar-refractivity contribution in [1.82, 2.24) is 9.21 Å². The van der Waals surface area contributed by atoms with E-state index >= 15 is 0 Å². The second-order valence-electron chi connectivity index (χ2n) is 6.46. The van der Waals surface area contributed by atoms with E-state index in [-0.39, 0.29) is 16.7 Å². The largest absolute Gasteiger partial charge is 0.305 e. The van der Waals surface area contributed by atoms with Crippen LogP contribution in [0.5, 0.6) is 0 Å². The highest BCUT2D eigenvalue weighted by Gasteiger charge is 2.31. The van der Waals surface area contributed by atoms with Gasteiger partial charge in [0.2, 0.25) is 10.0 Å². The summed E-state index contributed by atoms with van der Waals surface area (Å²) in [7, 11) is -4.84. The molecule has 1 unspecified atom stereocenters. The Bertz CT molecular complexity index is 775. The normalized spacial score (nSPS) is 21.5. The average molecular weight is 375 g/mol. The zero-order chi connectivity index (χ0) is 18.0. The minimum absolute atomic E-state index is 0.0411. The Balaban J connectivity index is 2.27. The van der Waals surface area contributed by atoms with Gasteiger partial charge in [0.1, 0.15) is 0 Å². The number of sulfonamides is 1. The zero-order valence-electron chi connectivity index (χ0n) is 14.5. The predicted molar refractivity (Wildman–Crippen MR) is 95.1 cm³/mol. The molecule has 0 radical (unpaired) electrons. The van der Waals surface area contributed by atoms with Gasteiger partial charge in [0.05, 0.1) is 10.6 Å². The fourth-order valence-corrected chi connectivity index (χ4v) is 5.61. The summed E-state index contributed by atoms with van der Waals surface area (Å²) in [4.78, 5) is 2.31. The van der Waals surface area contributed by atoms with Crippen LogP contribution in [0.15, 0.2) is 29.2 Å². The van der Waals surface area contributed by atoms with Crippen molar-refractivity contribution in [3.05, 3.63) is 29.8 Å². The maximum absolute atomic E-state index is 12.9. The van der Waals surface area contributed by atoms with Crippen LogP contribution in [0.25, 0.3) is 0 Å². The third kappa shape index (κ3) is 4.78. The lowest BCUT2D eigenvalue weighted by Crippen LogP contribution is -2.43. The third-order valence-electron chi connectivity index (χ3n) is 4.35. The molecule has 6 nitrogen and oxygen atoms in total. The van der Waals surface area contributed by atoms with Crippen LogP contribution in [0.1, 0.15) is 25.3 Å². The molecule has 0 amide bonds. The van der Waals surface area contributed by atoms with Crippen LogP contribution in [-0.2, 0) is 25.6 Å². The van der Waals surface area contributed by atoms with Crippen molar-refractivity contribution in [3.8, 4) is 0 Å². The van der Waals surface area contributed by atoms with Crippen LogP contribution in [0.4, 0.5) is 0 Å². The molecule has 1 atom stereocenters. The minimum atomic E-state index is -3.49. The summed E-state index contributed by atoms with van der Waals surface area (Å²) in [5.74, 6) is -0.170. The standard InChI is InChI=1S/C16H26N2O4S2/c1-4-15-12-17(2)9-6-10-18(15)24(21,22)13-14-7-5-8-16(11-14)23(3,19)20/h5,7-8,11,15H,4,6,9-10,12-13H2,1-3H3. The Morgan fingerprint density at radius 2 is 1.88 bits per heavy atom. The minimum Gasteiger partial charge on any atom is -0.305 e. The molecular formula is C16H26N2O4S2. The molecule has 1 fully saturated rings. The molecule has 1 aromatic rings. The number of sulfone groups is 1. The van der Waals surface area contributed by atoms with Gasteiger partial charge in [-0.3, -0.25) is 0 Å². The predicted octanol–water partition coefficient (Wildman–Crippen LogP) is 1.34.